The van der Waals surface area contributed by atoms with Gasteiger partial charge in [0, 0.05) is 11.6 Å². The highest BCUT2D eigenvalue weighted by Crippen LogP contribution is 2.42. The van der Waals surface area contributed by atoms with Crippen LogP contribution in [0.25, 0.3) is 11.4 Å². The van der Waals surface area contributed by atoms with E-state index in [0.717, 1.165) is 28.4 Å². The summed E-state index contributed by atoms with van der Waals surface area (Å²) in [5, 5.41) is 3.30. The van der Waals surface area contributed by atoms with Gasteiger partial charge in [-0.15, -0.1) is 0 Å². The van der Waals surface area contributed by atoms with E-state index in [9.17, 15) is 0 Å². The Morgan fingerprint density at radius 3 is 2.70 bits per heavy atom. The number of anilines is 2. The fourth-order valence-electron chi connectivity index (χ4n) is 2.08. The maximum absolute atomic E-state index is 5.82. The van der Waals surface area contributed by atoms with Gasteiger partial charge in [-0.05, 0) is 24.3 Å². The minimum atomic E-state index is 0.587. The highest BCUT2D eigenvalue weighted by Gasteiger charge is 2.17. The molecule has 95 valence electrons. The van der Waals surface area contributed by atoms with Gasteiger partial charge in [0.05, 0.1) is 11.4 Å². The number of aromatic nitrogens is 3. The van der Waals surface area contributed by atoms with E-state index in [2.05, 4.69) is 26.3 Å². The van der Waals surface area contributed by atoms with E-state index >= 15 is 0 Å². The maximum Gasteiger partial charge on any atom is 0.163 e. The van der Waals surface area contributed by atoms with Gasteiger partial charge in [-0.2, -0.15) is 0 Å². The predicted molar refractivity (Wildman–Crippen MR) is 73.9 cm³/mol. The molecule has 0 saturated heterocycles. The summed E-state index contributed by atoms with van der Waals surface area (Å²) in [5.74, 6) is 2.13. The predicted octanol–water partition coefficient (Wildman–Crippen LogP) is 3.19. The second-order valence-corrected chi connectivity index (χ2v) is 4.30. The summed E-state index contributed by atoms with van der Waals surface area (Å²) in [6.45, 7) is 0. The molecule has 5 heteroatoms. The summed E-state index contributed by atoms with van der Waals surface area (Å²) >= 11 is 0. The molecule has 0 spiro atoms. The first kappa shape index (κ1) is 10.9. The van der Waals surface area contributed by atoms with Gasteiger partial charge in [-0.3, -0.25) is 0 Å². The molecule has 20 heavy (non-hydrogen) atoms. The van der Waals surface area contributed by atoms with Crippen molar-refractivity contribution in [3.05, 3.63) is 55.1 Å². The molecule has 0 unspecified atom stereocenters. The van der Waals surface area contributed by atoms with Gasteiger partial charge < -0.3 is 10.1 Å². The molecule has 4 rings (SSSR count). The summed E-state index contributed by atoms with van der Waals surface area (Å²) in [4.78, 5) is 12.1. The number of benzene rings is 2. The highest BCUT2D eigenvalue weighted by molar-refractivity contribution is 5.78. The lowest BCUT2D eigenvalue weighted by atomic mass is 10.1. The van der Waals surface area contributed by atoms with Crippen LogP contribution in [-0.4, -0.2) is 15.0 Å². The summed E-state index contributed by atoms with van der Waals surface area (Å²) < 4.78 is 5.82. The molecule has 1 aliphatic heterocycles. The normalized spacial score (nSPS) is 11.8. The number of hydrogen-bond acceptors (Lipinski definition) is 5. The third kappa shape index (κ3) is 1.76. The topological polar surface area (TPSA) is 59.9 Å². The van der Waals surface area contributed by atoms with Crippen LogP contribution in [0, 0.1) is 6.07 Å². The lowest BCUT2D eigenvalue weighted by molar-refractivity contribution is 0.481. The number of ether oxygens (including phenoxy) is 1. The molecular weight excluding hydrogens is 252 g/mol. The molecule has 0 saturated carbocycles. The second-order valence-electron chi connectivity index (χ2n) is 4.30. The minimum Gasteiger partial charge on any atom is -0.453 e. The van der Waals surface area contributed by atoms with Crippen molar-refractivity contribution in [3.8, 4) is 22.9 Å². The van der Waals surface area contributed by atoms with E-state index in [1.807, 2.05) is 36.4 Å². The van der Waals surface area contributed by atoms with Gasteiger partial charge in [0.15, 0.2) is 17.3 Å². The van der Waals surface area contributed by atoms with Crippen LogP contribution in [-0.2, 0) is 0 Å². The van der Waals surface area contributed by atoms with Crippen LogP contribution in [0.5, 0.6) is 11.5 Å². The van der Waals surface area contributed by atoms with E-state index in [-0.39, 0.29) is 0 Å². The molecule has 1 radical (unpaired) electrons. The van der Waals surface area contributed by atoms with Crippen molar-refractivity contribution in [1.82, 2.24) is 15.0 Å². The van der Waals surface area contributed by atoms with Gasteiger partial charge in [0.25, 0.3) is 0 Å². The van der Waals surface area contributed by atoms with E-state index < -0.39 is 0 Å². The Labute approximate surface area is 115 Å². The van der Waals surface area contributed by atoms with E-state index in [0.29, 0.717) is 5.82 Å². The lowest BCUT2D eigenvalue weighted by Gasteiger charge is -2.21. The van der Waals surface area contributed by atoms with Gasteiger partial charge in [-0.25, -0.2) is 15.0 Å². The van der Waals surface area contributed by atoms with Crippen molar-refractivity contribution < 1.29 is 4.74 Å². The Bertz CT molecular complexity index is 774. The van der Waals surface area contributed by atoms with Crippen molar-refractivity contribution in [2.24, 2.45) is 0 Å². The largest absolute Gasteiger partial charge is 0.453 e. The average Bonchev–Trinajstić information content (AvgIpc) is 2.53. The Morgan fingerprint density at radius 1 is 0.950 bits per heavy atom. The average molecular weight is 261 g/mol. The lowest BCUT2D eigenvalue weighted by Crippen LogP contribution is -2.03. The van der Waals surface area contributed by atoms with Crippen LogP contribution >= 0.6 is 0 Å². The number of hydrogen-bond donors (Lipinski definition) is 1. The van der Waals surface area contributed by atoms with Crippen LogP contribution in [0.1, 0.15) is 0 Å². The Hall–Kier alpha value is -2.95. The molecule has 0 amide bonds. The van der Waals surface area contributed by atoms with E-state index in [1.54, 1.807) is 0 Å². The van der Waals surface area contributed by atoms with Crippen molar-refractivity contribution in [2.75, 3.05) is 5.32 Å². The standard InChI is InChI=1S/C15H9N4O/c1-2-4-13-11(3-1)19-12-7-10(5-6-14(12)20-13)15-17-8-16-9-18-15/h1-6,8-9,19H. The first-order chi connectivity index (χ1) is 9.90. The van der Waals surface area contributed by atoms with E-state index in [1.165, 1.54) is 12.7 Å². The summed E-state index contributed by atoms with van der Waals surface area (Å²) in [7, 11) is 0. The zero-order valence-electron chi connectivity index (χ0n) is 10.4. The Morgan fingerprint density at radius 2 is 1.80 bits per heavy atom. The molecule has 3 aromatic rings. The molecule has 0 atom stereocenters. The Kier molecular flexibility index (Phi) is 2.35. The minimum absolute atomic E-state index is 0.587. The molecule has 1 N–H and O–H groups in total. The third-order valence-corrected chi connectivity index (χ3v) is 3.01. The number of nitrogens with one attached hydrogen (secondary N) is 1. The highest BCUT2D eigenvalue weighted by atomic mass is 16.5. The molecule has 0 fully saturated rings. The second kappa shape index (κ2) is 4.31. The van der Waals surface area contributed by atoms with Crippen LogP contribution in [0.4, 0.5) is 11.4 Å². The maximum atomic E-state index is 5.82. The SMILES string of the molecule is [c]1c(-c2ncncn2)ccc2c1Nc1ccccc1O2. The molecule has 0 bridgehead atoms. The van der Waals surface area contributed by atoms with Crippen molar-refractivity contribution in [1.29, 1.82) is 0 Å². The van der Waals surface area contributed by atoms with Gasteiger partial charge >= 0.3 is 0 Å². The zero-order chi connectivity index (χ0) is 13.4. The van der Waals surface area contributed by atoms with Gasteiger partial charge in [0.2, 0.25) is 0 Å². The van der Waals surface area contributed by atoms with Crippen LogP contribution in [0.15, 0.2) is 49.1 Å². The zero-order valence-corrected chi connectivity index (χ0v) is 10.4. The fourth-order valence-corrected chi connectivity index (χ4v) is 2.08. The smallest absolute Gasteiger partial charge is 0.163 e. The molecule has 2 aromatic carbocycles. The molecule has 1 aliphatic rings. The quantitative estimate of drug-likeness (QED) is 0.570. The van der Waals surface area contributed by atoms with Crippen LogP contribution < -0.4 is 10.1 Å². The molecule has 5 nitrogen and oxygen atoms in total. The van der Waals surface area contributed by atoms with Crippen molar-refractivity contribution in [3.63, 3.8) is 0 Å². The summed E-state index contributed by atoms with van der Waals surface area (Å²) in [5.41, 5.74) is 2.49. The number of fused-ring (bicyclic) bond motifs is 2. The fraction of sp³-hybridized carbons (Fsp3) is 0. The number of para-hydroxylation sites is 2. The van der Waals surface area contributed by atoms with Crippen molar-refractivity contribution in [2.45, 2.75) is 0 Å². The van der Waals surface area contributed by atoms with E-state index in [4.69, 9.17) is 4.74 Å². The monoisotopic (exact) mass is 261 g/mol. The number of nitrogens with zero attached hydrogens (tertiary/aromatic N) is 3. The van der Waals surface area contributed by atoms with Crippen LogP contribution in [0.2, 0.25) is 0 Å². The number of rotatable bonds is 1. The molecule has 0 aliphatic carbocycles. The molecule has 1 aromatic heterocycles. The summed E-state index contributed by atoms with van der Waals surface area (Å²) in [6.07, 6.45) is 2.93. The van der Waals surface area contributed by atoms with Gasteiger partial charge in [-0.1, -0.05) is 12.1 Å². The van der Waals surface area contributed by atoms with Crippen LogP contribution in [0.3, 0.4) is 0 Å². The first-order valence-corrected chi connectivity index (χ1v) is 6.13. The first-order valence-electron chi connectivity index (χ1n) is 6.13. The van der Waals surface area contributed by atoms with Gasteiger partial charge in [0.1, 0.15) is 12.7 Å². The summed E-state index contributed by atoms with van der Waals surface area (Å²) in [6, 6.07) is 14.8. The Balaban J connectivity index is 1.77. The van der Waals surface area contributed by atoms with Crippen molar-refractivity contribution >= 4 is 11.4 Å². The molecular formula is C15H9N4O. The molecule has 2 heterocycles. The third-order valence-electron chi connectivity index (χ3n) is 3.01.